The molecule has 0 spiro atoms. The fraction of sp³-hybridized carbons (Fsp3) is 0.211. The lowest BCUT2D eigenvalue weighted by Gasteiger charge is -2.12. The summed E-state index contributed by atoms with van der Waals surface area (Å²) in [5, 5.41) is 11.1. The smallest absolute Gasteiger partial charge is 0.344 e. The molecule has 1 heterocycles. The number of H-pyrrole nitrogens is 1. The third-order valence-corrected chi connectivity index (χ3v) is 3.77. The van der Waals surface area contributed by atoms with Crippen molar-refractivity contribution in [2.45, 2.75) is 13.5 Å². The van der Waals surface area contributed by atoms with Gasteiger partial charge in [-0.2, -0.15) is 5.10 Å². The maximum Gasteiger partial charge on any atom is 0.344 e. The van der Waals surface area contributed by atoms with Crippen LogP contribution in [0.5, 0.6) is 5.75 Å². The van der Waals surface area contributed by atoms with Gasteiger partial charge in [0.25, 0.3) is 5.56 Å². The molecule has 0 saturated carbocycles. The van der Waals surface area contributed by atoms with Crippen molar-refractivity contribution in [3.63, 3.8) is 0 Å². The highest BCUT2D eigenvalue weighted by atomic mass is 16.6. The second kappa shape index (κ2) is 8.15. The number of anilines is 1. The van der Waals surface area contributed by atoms with Gasteiger partial charge in [-0.25, -0.2) is 9.89 Å². The Balaban J connectivity index is 1.76. The van der Waals surface area contributed by atoms with Crippen LogP contribution in [0, 0.1) is 0 Å². The highest BCUT2D eigenvalue weighted by molar-refractivity contribution is 5.90. The van der Waals surface area contributed by atoms with E-state index in [1.54, 1.807) is 25.1 Å². The van der Waals surface area contributed by atoms with Crippen molar-refractivity contribution >= 4 is 22.6 Å². The molecule has 0 saturated heterocycles. The number of benzene rings is 2. The number of carbonyl (C=O) groups is 1. The van der Waals surface area contributed by atoms with Crippen LogP contribution in [-0.2, 0) is 16.1 Å². The van der Waals surface area contributed by atoms with Gasteiger partial charge in [0.05, 0.1) is 12.0 Å². The standard InChI is InChI=1S/C19H19N3O4/c1-2-25-17(23)12-26-16-10-6-3-7-13(16)11-20-18-14-8-4-5-9-15(14)19(24)22-21-18/h3-10H,2,11-12H2,1H3,(H,20,21)(H,22,24). The molecule has 2 N–H and O–H groups in total. The van der Waals surface area contributed by atoms with Gasteiger partial charge < -0.3 is 14.8 Å². The molecule has 3 aromatic rings. The maximum atomic E-state index is 11.9. The first-order valence-electron chi connectivity index (χ1n) is 8.26. The van der Waals surface area contributed by atoms with Crippen LogP contribution >= 0.6 is 0 Å². The molecule has 2 aromatic carbocycles. The summed E-state index contributed by atoms with van der Waals surface area (Å²) in [5.74, 6) is 0.741. The van der Waals surface area contributed by atoms with Crippen molar-refractivity contribution in [2.24, 2.45) is 0 Å². The van der Waals surface area contributed by atoms with Crippen LogP contribution in [0.25, 0.3) is 10.8 Å². The number of carbonyl (C=O) groups excluding carboxylic acids is 1. The lowest BCUT2D eigenvalue weighted by Crippen LogP contribution is -2.16. The Kier molecular flexibility index (Phi) is 5.48. The highest BCUT2D eigenvalue weighted by Crippen LogP contribution is 2.21. The van der Waals surface area contributed by atoms with Gasteiger partial charge in [-0.1, -0.05) is 36.4 Å². The molecule has 7 nitrogen and oxygen atoms in total. The molecule has 7 heteroatoms. The summed E-state index contributed by atoms with van der Waals surface area (Å²) < 4.78 is 10.4. The summed E-state index contributed by atoms with van der Waals surface area (Å²) in [6.45, 7) is 2.33. The van der Waals surface area contributed by atoms with E-state index in [1.165, 1.54) is 0 Å². The summed E-state index contributed by atoms with van der Waals surface area (Å²) in [6.07, 6.45) is 0. The number of hydrogen-bond donors (Lipinski definition) is 2. The average Bonchev–Trinajstić information content (AvgIpc) is 2.67. The number of fused-ring (bicyclic) bond motifs is 1. The van der Waals surface area contributed by atoms with Crippen molar-refractivity contribution < 1.29 is 14.3 Å². The maximum absolute atomic E-state index is 11.9. The van der Waals surface area contributed by atoms with Crippen LogP contribution in [0.1, 0.15) is 12.5 Å². The topological polar surface area (TPSA) is 93.3 Å². The van der Waals surface area contributed by atoms with E-state index in [0.717, 1.165) is 10.9 Å². The van der Waals surface area contributed by atoms with Crippen molar-refractivity contribution in [2.75, 3.05) is 18.5 Å². The highest BCUT2D eigenvalue weighted by Gasteiger charge is 2.09. The SMILES string of the molecule is CCOC(=O)COc1ccccc1CNc1n[nH]c(=O)c2ccccc12. The van der Waals surface area contributed by atoms with Gasteiger partial charge in [0.2, 0.25) is 0 Å². The molecular weight excluding hydrogens is 334 g/mol. The number of aromatic amines is 1. The number of ether oxygens (including phenoxy) is 2. The quantitative estimate of drug-likeness (QED) is 0.634. The van der Waals surface area contributed by atoms with Crippen molar-refractivity contribution in [3.8, 4) is 5.75 Å². The Morgan fingerprint density at radius 3 is 2.65 bits per heavy atom. The second-order valence-corrected chi connectivity index (χ2v) is 5.50. The van der Waals surface area contributed by atoms with E-state index in [4.69, 9.17) is 9.47 Å². The van der Waals surface area contributed by atoms with Gasteiger partial charge in [-0.15, -0.1) is 0 Å². The molecular formula is C19H19N3O4. The number of aromatic nitrogens is 2. The third-order valence-electron chi connectivity index (χ3n) is 3.77. The Morgan fingerprint density at radius 2 is 1.85 bits per heavy atom. The van der Waals surface area contributed by atoms with Gasteiger partial charge in [-0.05, 0) is 19.1 Å². The molecule has 0 fully saturated rings. The minimum absolute atomic E-state index is 0.148. The lowest BCUT2D eigenvalue weighted by atomic mass is 10.1. The van der Waals surface area contributed by atoms with Gasteiger partial charge in [0, 0.05) is 17.5 Å². The van der Waals surface area contributed by atoms with Crippen molar-refractivity contribution in [1.82, 2.24) is 10.2 Å². The molecule has 0 aliphatic carbocycles. The number of hydrogen-bond acceptors (Lipinski definition) is 6. The van der Waals surface area contributed by atoms with Crippen molar-refractivity contribution in [1.29, 1.82) is 0 Å². The third kappa shape index (κ3) is 4.00. The van der Waals surface area contributed by atoms with Crippen LogP contribution < -0.4 is 15.6 Å². The van der Waals surface area contributed by atoms with E-state index >= 15 is 0 Å². The number of para-hydroxylation sites is 1. The molecule has 0 amide bonds. The molecule has 1 aromatic heterocycles. The van der Waals surface area contributed by atoms with E-state index < -0.39 is 5.97 Å². The number of nitrogens with zero attached hydrogens (tertiary/aromatic N) is 1. The lowest BCUT2D eigenvalue weighted by molar-refractivity contribution is -0.145. The van der Waals surface area contributed by atoms with Gasteiger partial charge in [-0.3, -0.25) is 4.79 Å². The minimum Gasteiger partial charge on any atom is -0.482 e. The molecule has 26 heavy (non-hydrogen) atoms. The van der Waals surface area contributed by atoms with Crippen LogP contribution in [-0.4, -0.2) is 29.4 Å². The summed E-state index contributed by atoms with van der Waals surface area (Å²) >= 11 is 0. The predicted molar refractivity (Wildman–Crippen MR) is 98.3 cm³/mol. The molecule has 0 radical (unpaired) electrons. The number of nitrogens with one attached hydrogen (secondary N) is 2. The minimum atomic E-state index is -0.413. The fourth-order valence-electron chi connectivity index (χ4n) is 2.56. The summed E-state index contributed by atoms with van der Waals surface area (Å²) in [5.41, 5.74) is 0.623. The Hall–Kier alpha value is -3.35. The average molecular weight is 353 g/mol. The molecule has 0 bridgehead atoms. The Bertz CT molecular complexity index is 968. The summed E-state index contributed by atoms with van der Waals surface area (Å²) in [4.78, 5) is 23.3. The predicted octanol–water partition coefficient (Wildman–Crippen LogP) is 2.48. The zero-order chi connectivity index (χ0) is 18.4. The number of rotatable bonds is 7. The van der Waals surface area contributed by atoms with Crippen LogP contribution in [0.3, 0.4) is 0 Å². The van der Waals surface area contributed by atoms with Crippen LogP contribution in [0.2, 0.25) is 0 Å². The van der Waals surface area contributed by atoms with Crippen LogP contribution in [0.4, 0.5) is 5.82 Å². The summed E-state index contributed by atoms with van der Waals surface area (Å²) in [6, 6.07) is 14.6. The van der Waals surface area contributed by atoms with E-state index in [0.29, 0.717) is 30.1 Å². The zero-order valence-electron chi connectivity index (χ0n) is 14.3. The van der Waals surface area contributed by atoms with E-state index in [-0.39, 0.29) is 12.2 Å². The molecule has 0 aliphatic rings. The monoisotopic (exact) mass is 353 g/mol. The van der Waals surface area contributed by atoms with E-state index in [9.17, 15) is 9.59 Å². The molecule has 0 aliphatic heterocycles. The van der Waals surface area contributed by atoms with Gasteiger partial charge in [0.1, 0.15) is 5.75 Å². The first kappa shape index (κ1) is 17.5. The Labute approximate surface area is 150 Å². The zero-order valence-corrected chi connectivity index (χ0v) is 14.3. The summed E-state index contributed by atoms with van der Waals surface area (Å²) in [7, 11) is 0. The largest absolute Gasteiger partial charge is 0.482 e. The van der Waals surface area contributed by atoms with Gasteiger partial charge >= 0.3 is 5.97 Å². The molecule has 134 valence electrons. The van der Waals surface area contributed by atoms with Crippen LogP contribution in [0.15, 0.2) is 53.3 Å². The van der Waals surface area contributed by atoms with E-state index in [2.05, 4.69) is 15.5 Å². The number of esters is 1. The normalized spacial score (nSPS) is 10.5. The molecule has 0 atom stereocenters. The second-order valence-electron chi connectivity index (χ2n) is 5.50. The molecule has 3 rings (SSSR count). The van der Waals surface area contributed by atoms with E-state index in [1.807, 2.05) is 30.3 Å². The van der Waals surface area contributed by atoms with Gasteiger partial charge in [0.15, 0.2) is 12.4 Å². The Morgan fingerprint density at radius 1 is 1.12 bits per heavy atom. The fourth-order valence-corrected chi connectivity index (χ4v) is 2.56. The first-order chi connectivity index (χ1) is 12.7. The molecule has 0 unspecified atom stereocenters. The first-order valence-corrected chi connectivity index (χ1v) is 8.26. The van der Waals surface area contributed by atoms with Crippen molar-refractivity contribution in [3.05, 3.63) is 64.4 Å².